The molecule has 0 saturated carbocycles. The first kappa shape index (κ1) is 47.6. The van der Waals surface area contributed by atoms with Crippen molar-refractivity contribution in [2.45, 2.75) is 169 Å². The molecule has 0 radical (unpaired) electrons. The Morgan fingerprint density at radius 2 is 0.975 bits per heavy atom. The molecule has 0 spiro atoms. The fraction of sp³-hybridized carbons (Fsp3) is 1.00. The van der Waals surface area contributed by atoms with Gasteiger partial charge in [-0.2, -0.15) is 0 Å². The fourth-order valence-corrected chi connectivity index (χ4v) is 3.98. The maximum atomic E-state index is 9.45. The van der Waals surface area contributed by atoms with E-state index in [0.29, 0.717) is 6.42 Å². The third-order valence-corrected chi connectivity index (χ3v) is 6.54. The van der Waals surface area contributed by atoms with Crippen LogP contribution >= 0.6 is 32.9 Å². The van der Waals surface area contributed by atoms with Crippen molar-refractivity contribution in [2.75, 3.05) is 38.4 Å². The minimum atomic E-state index is -0.369. The standard InChI is InChI=1S/C16H34O3.C8H17BrO.C8H18O2.BrH/c1-4-6-10-16(14-15(3)17)19-13-9-8-12-18-11-7-5-2;1-2-3-7-10-8-5-4-6-9;1-3-4-5-8(10)6-7(2)9;/h15-17H,4-14H2,1-3H3;2-8H2,1H3;7-10H,3-6H2,1-2H3;1H. The second-order valence-corrected chi connectivity index (χ2v) is 11.4. The van der Waals surface area contributed by atoms with Gasteiger partial charge in [0.25, 0.3) is 0 Å². The van der Waals surface area contributed by atoms with Crippen molar-refractivity contribution in [1.29, 1.82) is 0 Å². The largest absolute Gasteiger partial charge is 0.393 e. The summed E-state index contributed by atoms with van der Waals surface area (Å²) >= 11 is 3.38. The van der Waals surface area contributed by atoms with Crippen LogP contribution in [0.4, 0.5) is 0 Å². The summed E-state index contributed by atoms with van der Waals surface area (Å²) in [6.07, 6.45) is 16.3. The summed E-state index contributed by atoms with van der Waals surface area (Å²) in [6.45, 7) is 16.6. The first-order valence-electron chi connectivity index (χ1n) is 16.2. The average molecular weight is 711 g/mol. The number of hydrogen-bond donors (Lipinski definition) is 3. The Morgan fingerprint density at radius 3 is 1.43 bits per heavy atom. The smallest absolute Gasteiger partial charge is 0.0599 e. The van der Waals surface area contributed by atoms with Gasteiger partial charge in [0.2, 0.25) is 0 Å². The van der Waals surface area contributed by atoms with Gasteiger partial charge in [-0.05, 0) is 78.1 Å². The highest BCUT2D eigenvalue weighted by atomic mass is 79.9. The quantitative estimate of drug-likeness (QED) is 0.0615. The Hall–Kier alpha value is 0.720. The maximum Gasteiger partial charge on any atom is 0.0599 e. The predicted molar refractivity (Wildman–Crippen MR) is 181 cm³/mol. The number of unbranched alkanes of at least 4 members (excludes halogenated alkanes) is 6. The highest BCUT2D eigenvalue weighted by Gasteiger charge is 2.11. The van der Waals surface area contributed by atoms with E-state index in [1.807, 2.05) is 6.92 Å². The molecule has 8 heteroatoms. The lowest BCUT2D eigenvalue weighted by Gasteiger charge is -2.19. The van der Waals surface area contributed by atoms with E-state index in [-0.39, 0.29) is 41.4 Å². The van der Waals surface area contributed by atoms with Crippen LogP contribution in [0.25, 0.3) is 0 Å². The van der Waals surface area contributed by atoms with Gasteiger partial charge in [0.1, 0.15) is 0 Å². The summed E-state index contributed by atoms with van der Waals surface area (Å²) in [5.41, 5.74) is 0. The van der Waals surface area contributed by atoms with Gasteiger partial charge in [0.15, 0.2) is 0 Å². The van der Waals surface area contributed by atoms with Gasteiger partial charge in [0, 0.05) is 38.4 Å². The minimum Gasteiger partial charge on any atom is -0.393 e. The topological polar surface area (TPSA) is 88.4 Å². The van der Waals surface area contributed by atoms with Gasteiger partial charge < -0.3 is 29.5 Å². The Kier molecular flexibility index (Phi) is 49.9. The molecule has 4 atom stereocenters. The van der Waals surface area contributed by atoms with Crippen molar-refractivity contribution in [2.24, 2.45) is 0 Å². The lowest BCUT2D eigenvalue weighted by Crippen LogP contribution is -2.19. The highest BCUT2D eigenvalue weighted by Crippen LogP contribution is 2.12. The first-order chi connectivity index (χ1) is 18.8. The summed E-state index contributed by atoms with van der Waals surface area (Å²) in [7, 11) is 0. The van der Waals surface area contributed by atoms with E-state index in [2.05, 4.69) is 43.6 Å². The molecule has 0 bridgehead atoms. The summed E-state index contributed by atoms with van der Waals surface area (Å²) in [5.74, 6) is 0. The van der Waals surface area contributed by atoms with E-state index in [0.717, 1.165) is 89.7 Å². The van der Waals surface area contributed by atoms with Gasteiger partial charge in [-0.1, -0.05) is 82.1 Å². The van der Waals surface area contributed by atoms with E-state index in [4.69, 9.17) is 19.3 Å². The van der Waals surface area contributed by atoms with Crippen molar-refractivity contribution >= 4 is 32.9 Å². The minimum absolute atomic E-state index is 0. The second kappa shape index (κ2) is 41.9. The van der Waals surface area contributed by atoms with Crippen LogP contribution in [-0.2, 0) is 14.2 Å². The molecule has 0 aliphatic rings. The zero-order chi connectivity index (χ0) is 30.0. The Balaban J connectivity index is -0.000000262. The zero-order valence-corrected chi connectivity index (χ0v) is 30.5. The van der Waals surface area contributed by atoms with Crippen LogP contribution in [0.2, 0.25) is 0 Å². The van der Waals surface area contributed by atoms with Crippen molar-refractivity contribution in [3.05, 3.63) is 0 Å². The molecular formula is C32H70Br2O6. The molecule has 0 saturated heterocycles. The average Bonchev–Trinajstić information content (AvgIpc) is 2.89. The van der Waals surface area contributed by atoms with Gasteiger partial charge in [0.05, 0.1) is 24.4 Å². The summed E-state index contributed by atoms with van der Waals surface area (Å²) < 4.78 is 16.7. The monoisotopic (exact) mass is 708 g/mol. The molecule has 0 aliphatic carbocycles. The van der Waals surface area contributed by atoms with Crippen LogP contribution in [0, 0.1) is 0 Å². The molecule has 3 N–H and O–H groups in total. The van der Waals surface area contributed by atoms with Crippen LogP contribution in [0.15, 0.2) is 0 Å². The molecule has 0 fully saturated rings. The van der Waals surface area contributed by atoms with Crippen molar-refractivity contribution in [3.8, 4) is 0 Å². The summed E-state index contributed by atoms with van der Waals surface area (Å²) in [4.78, 5) is 0. The Morgan fingerprint density at radius 1 is 0.550 bits per heavy atom. The molecule has 40 heavy (non-hydrogen) atoms. The van der Waals surface area contributed by atoms with Crippen molar-refractivity contribution in [1.82, 2.24) is 0 Å². The zero-order valence-electron chi connectivity index (χ0n) is 27.2. The summed E-state index contributed by atoms with van der Waals surface area (Å²) in [6, 6.07) is 0. The normalized spacial score (nSPS) is 13.7. The van der Waals surface area contributed by atoms with Crippen LogP contribution < -0.4 is 0 Å². The van der Waals surface area contributed by atoms with E-state index in [9.17, 15) is 10.2 Å². The van der Waals surface area contributed by atoms with Crippen LogP contribution in [-0.4, -0.2) is 78.1 Å². The molecule has 4 unspecified atom stereocenters. The molecule has 0 aromatic carbocycles. The third-order valence-electron chi connectivity index (χ3n) is 5.98. The van der Waals surface area contributed by atoms with Gasteiger partial charge >= 0.3 is 0 Å². The number of aliphatic hydroxyl groups excluding tert-OH is 3. The molecule has 0 aromatic rings. The Bertz CT molecular complexity index is 409. The molecule has 6 nitrogen and oxygen atoms in total. The van der Waals surface area contributed by atoms with Gasteiger partial charge in [-0.25, -0.2) is 0 Å². The fourth-order valence-electron chi connectivity index (χ4n) is 3.58. The highest BCUT2D eigenvalue weighted by molar-refractivity contribution is 9.09. The number of rotatable bonds is 26. The molecule has 0 heterocycles. The van der Waals surface area contributed by atoms with Crippen LogP contribution in [0.1, 0.15) is 144 Å². The maximum absolute atomic E-state index is 9.45. The molecule has 0 aliphatic heterocycles. The van der Waals surface area contributed by atoms with E-state index < -0.39 is 0 Å². The Labute approximate surface area is 268 Å². The molecule has 248 valence electrons. The number of halogens is 2. The van der Waals surface area contributed by atoms with Crippen LogP contribution in [0.5, 0.6) is 0 Å². The predicted octanol–water partition coefficient (Wildman–Crippen LogP) is 8.79. The van der Waals surface area contributed by atoms with E-state index >= 15 is 0 Å². The van der Waals surface area contributed by atoms with E-state index in [1.165, 1.54) is 44.9 Å². The lowest BCUT2D eigenvalue weighted by atomic mass is 10.1. The molecule has 0 rings (SSSR count). The second-order valence-electron chi connectivity index (χ2n) is 10.6. The van der Waals surface area contributed by atoms with Gasteiger partial charge in [-0.15, -0.1) is 17.0 Å². The summed E-state index contributed by atoms with van der Waals surface area (Å²) in [5, 5.41) is 28.6. The number of alkyl halides is 1. The first-order valence-corrected chi connectivity index (χ1v) is 17.3. The lowest BCUT2D eigenvalue weighted by molar-refractivity contribution is 0.00777. The van der Waals surface area contributed by atoms with Gasteiger partial charge in [-0.3, -0.25) is 0 Å². The number of hydrogen-bond acceptors (Lipinski definition) is 6. The molecule has 0 amide bonds. The van der Waals surface area contributed by atoms with E-state index in [1.54, 1.807) is 6.92 Å². The molecule has 0 aromatic heterocycles. The SMILES string of the molecule is Br.CCCCC(O)CC(C)O.CCCCOCCCCBr.CCCCOCCCCOC(CCCC)CC(C)O. The number of aliphatic hydroxyl groups is 3. The number of ether oxygens (including phenoxy) is 3. The van der Waals surface area contributed by atoms with Crippen molar-refractivity contribution in [3.63, 3.8) is 0 Å². The van der Waals surface area contributed by atoms with Crippen LogP contribution in [0.3, 0.4) is 0 Å². The molecular weight excluding hydrogens is 640 g/mol. The third kappa shape index (κ3) is 48.5. The van der Waals surface area contributed by atoms with Crippen molar-refractivity contribution < 1.29 is 29.5 Å².